The van der Waals surface area contributed by atoms with E-state index >= 15 is 0 Å². The molecule has 37 heavy (non-hydrogen) atoms. The third-order valence-corrected chi connectivity index (χ3v) is 6.74. The van der Waals surface area contributed by atoms with Crippen LogP contribution in [0, 0.1) is 11.6 Å². The van der Waals surface area contributed by atoms with Crippen molar-refractivity contribution in [2.75, 3.05) is 26.6 Å². The summed E-state index contributed by atoms with van der Waals surface area (Å²) in [5, 5.41) is 2.80. The molecule has 3 aromatic carbocycles. The number of benzene rings is 3. The summed E-state index contributed by atoms with van der Waals surface area (Å²) in [4.78, 5) is 32.8. The van der Waals surface area contributed by atoms with Crippen molar-refractivity contribution in [3.63, 3.8) is 0 Å². The summed E-state index contributed by atoms with van der Waals surface area (Å²) in [5.41, 5.74) is 0.270. The van der Waals surface area contributed by atoms with E-state index < -0.39 is 23.7 Å². The van der Waals surface area contributed by atoms with Gasteiger partial charge in [-0.05, 0) is 47.1 Å². The second-order valence-corrected chi connectivity index (χ2v) is 8.92. The molecular weight excluding hydrogens is 550 g/mol. The number of amides is 2. The lowest BCUT2D eigenvalue weighted by Crippen LogP contribution is -2.37. The van der Waals surface area contributed by atoms with Gasteiger partial charge in [-0.15, -0.1) is 0 Å². The Bertz CT molecular complexity index is 1560. The van der Waals surface area contributed by atoms with Gasteiger partial charge >= 0.3 is 6.03 Å². The predicted molar refractivity (Wildman–Crippen MR) is 140 cm³/mol. The zero-order chi connectivity index (χ0) is 26.9. The van der Waals surface area contributed by atoms with Gasteiger partial charge in [-0.2, -0.15) is 0 Å². The van der Waals surface area contributed by atoms with E-state index in [-0.39, 0.29) is 17.1 Å². The normalized spacial score (nSPS) is 11.8. The number of carbonyl (C=O) groups excluding carboxylic acids is 1. The third kappa shape index (κ3) is 4.99. The van der Waals surface area contributed by atoms with Crippen molar-refractivity contribution in [2.24, 2.45) is 0 Å². The third-order valence-electron chi connectivity index (χ3n) is 5.94. The fourth-order valence-electron chi connectivity index (χ4n) is 3.79. The van der Waals surface area contributed by atoms with Gasteiger partial charge in [0.05, 0.1) is 47.0 Å². The predicted octanol–water partition coefficient (Wildman–Crippen LogP) is 5.67. The number of halogens is 3. The SMILES string of the molecule is COc1cc(OC)c(Br)c(-n2c(C(C)N(C)C(=O)Nc3ccc(F)cc3F)nc3ccccc3c2=O)c1. The average Bonchev–Trinajstić information content (AvgIpc) is 2.89. The van der Waals surface area contributed by atoms with E-state index in [1.165, 1.54) is 30.7 Å². The molecule has 0 saturated heterocycles. The fourth-order valence-corrected chi connectivity index (χ4v) is 4.36. The van der Waals surface area contributed by atoms with E-state index in [4.69, 9.17) is 14.5 Å². The van der Waals surface area contributed by atoms with Crippen LogP contribution in [-0.2, 0) is 0 Å². The highest BCUT2D eigenvalue weighted by molar-refractivity contribution is 9.10. The van der Waals surface area contributed by atoms with Gasteiger partial charge in [0.2, 0.25) is 0 Å². The molecule has 0 aliphatic heterocycles. The Balaban J connectivity index is 1.86. The van der Waals surface area contributed by atoms with E-state index in [2.05, 4.69) is 21.2 Å². The maximum atomic E-state index is 14.1. The highest BCUT2D eigenvalue weighted by Crippen LogP contribution is 2.36. The first-order valence-electron chi connectivity index (χ1n) is 11.1. The number of carbonyl (C=O) groups is 1. The minimum absolute atomic E-state index is 0.186. The number of fused-ring (bicyclic) bond motifs is 1. The summed E-state index contributed by atoms with van der Waals surface area (Å²) >= 11 is 3.51. The van der Waals surface area contributed by atoms with Gasteiger partial charge in [-0.3, -0.25) is 9.36 Å². The molecule has 0 saturated carbocycles. The van der Waals surface area contributed by atoms with E-state index in [9.17, 15) is 18.4 Å². The van der Waals surface area contributed by atoms with Crippen LogP contribution in [0.15, 0.2) is 63.9 Å². The Morgan fingerprint density at radius 3 is 2.51 bits per heavy atom. The summed E-state index contributed by atoms with van der Waals surface area (Å²) in [7, 11) is 4.46. The smallest absolute Gasteiger partial charge is 0.322 e. The molecule has 0 radical (unpaired) electrons. The average molecular weight is 573 g/mol. The van der Waals surface area contributed by atoms with Crippen LogP contribution in [0.1, 0.15) is 18.8 Å². The number of urea groups is 1. The van der Waals surface area contributed by atoms with Crippen LogP contribution in [0.25, 0.3) is 16.6 Å². The summed E-state index contributed by atoms with van der Waals surface area (Å²) in [6, 6.07) is 11.5. The molecule has 0 spiro atoms. The van der Waals surface area contributed by atoms with Crippen molar-refractivity contribution in [3.05, 3.63) is 86.9 Å². The first-order chi connectivity index (χ1) is 17.7. The molecule has 8 nitrogen and oxygen atoms in total. The summed E-state index contributed by atoms with van der Waals surface area (Å²) in [6.45, 7) is 1.68. The Kier molecular flexibility index (Phi) is 7.44. The van der Waals surface area contributed by atoms with Crippen LogP contribution in [-0.4, -0.2) is 41.7 Å². The minimum atomic E-state index is -0.914. The van der Waals surface area contributed by atoms with Crippen molar-refractivity contribution in [3.8, 4) is 17.2 Å². The van der Waals surface area contributed by atoms with Gasteiger partial charge in [0.25, 0.3) is 5.56 Å². The van der Waals surface area contributed by atoms with Gasteiger partial charge in [0, 0.05) is 25.2 Å². The summed E-state index contributed by atoms with van der Waals surface area (Å²) in [6.07, 6.45) is 0. The highest BCUT2D eigenvalue weighted by Gasteiger charge is 2.26. The molecule has 0 fully saturated rings. The maximum Gasteiger partial charge on any atom is 0.322 e. The van der Waals surface area contributed by atoms with E-state index in [1.54, 1.807) is 43.3 Å². The number of aromatic nitrogens is 2. The standard InChI is InChI=1S/C26H23BrF2N4O4/c1-14(32(2)26(35)31-20-10-9-15(28)11-18(20)29)24-30-19-8-6-5-7-17(19)25(34)33(24)21-12-16(36-3)13-22(37-4)23(21)27/h5-14H,1-4H3,(H,31,35). The van der Waals surface area contributed by atoms with Crippen LogP contribution in [0.5, 0.6) is 11.5 Å². The van der Waals surface area contributed by atoms with Gasteiger partial charge in [0.15, 0.2) is 0 Å². The quantitative estimate of drug-likeness (QED) is 0.322. The monoisotopic (exact) mass is 572 g/mol. The maximum absolute atomic E-state index is 14.1. The lowest BCUT2D eigenvalue weighted by atomic mass is 10.2. The number of methoxy groups -OCH3 is 2. The molecule has 2 amide bonds. The zero-order valence-corrected chi connectivity index (χ0v) is 22.0. The molecule has 1 N–H and O–H groups in total. The van der Waals surface area contributed by atoms with Crippen molar-refractivity contribution >= 4 is 38.6 Å². The second-order valence-electron chi connectivity index (χ2n) is 8.13. The number of nitrogens with one attached hydrogen (secondary N) is 1. The van der Waals surface area contributed by atoms with Crippen molar-refractivity contribution in [1.29, 1.82) is 0 Å². The Labute approximate surface area is 219 Å². The van der Waals surface area contributed by atoms with Gasteiger partial charge in [-0.25, -0.2) is 18.6 Å². The first-order valence-corrected chi connectivity index (χ1v) is 11.9. The van der Waals surface area contributed by atoms with Crippen LogP contribution >= 0.6 is 15.9 Å². The van der Waals surface area contributed by atoms with Crippen molar-refractivity contribution in [2.45, 2.75) is 13.0 Å². The van der Waals surface area contributed by atoms with E-state index in [0.29, 0.717) is 38.6 Å². The molecule has 1 heterocycles. The number of hydrogen-bond acceptors (Lipinski definition) is 5. The molecule has 11 heteroatoms. The van der Waals surface area contributed by atoms with E-state index in [0.717, 1.165) is 12.1 Å². The molecule has 1 atom stereocenters. The molecule has 0 bridgehead atoms. The lowest BCUT2D eigenvalue weighted by Gasteiger charge is -2.27. The first kappa shape index (κ1) is 26.1. The van der Waals surface area contributed by atoms with Crippen molar-refractivity contribution < 1.29 is 23.0 Å². The molecule has 4 rings (SSSR count). The van der Waals surface area contributed by atoms with E-state index in [1.807, 2.05) is 0 Å². The molecule has 1 unspecified atom stereocenters. The topological polar surface area (TPSA) is 85.7 Å². The zero-order valence-electron chi connectivity index (χ0n) is 20.4. The van der Waals surface area contributed by atoms with Crippen molar-refractivity contribution in [1.82, 2.24) is 14.5 Å². The van der Waals surface area contributed by atoms with Gasteiger partial charge < -0.3 is 19.7 Å². The highest BCUT2D eigenvalue weighted by atomic mass is 79.9. The molecule has 0 aliphatic carbocycles. The largest absolute Gasteiger partial charge is 0.497 e. The number of nitrogens with zero attached hydrogens (tertiary/aromatic N) is 3. The number of ether oxygens (including phenoxy) is 2. The fraction of sp³-hybridized carbons (Fsp3) is 0.192. The Morgan fingerprint density at radius 1 is 1.11 bits per heavy atom. The molecule has 4 aromatic rings. The number of anilines is 1. The minimum Gasteiger partial charge on any atom is -0.497 e. The summed E-state index contributed by atoms with van der Waals surface area (Å²) < 4.78 is 40.1. The number of rotatable bonds is 6. The molecule has 1 aromatic heterocycles. The van der Waals surface area contributed by atoms with Crippen LogP contribution < -0.4 is 20.3 Å². The van der Waals surface area contributed by atoms with Crippen LogP contribution in [0.4, 0.5) is 19.3 Å². The summed E-state index contributed by atoms with van der Waals surface area (Å²) in [5.74, 6) is -0.585. The molecule has 0 aliphatic rings. The lowest BCUT2D eigenvalue weighted by molar-refractivity contribution is 0.205. The molecular formula is C26H23BrF2N4O4. The number of hydrogen-bond donors (Lipinski definition) is 1. The second kappa shape index (κ2) is 10.6. The molecule has 192 valence electrons. The van der Waals surface area contributed by atoms with Crippen LogP contribution in [0.2, 0.25) is 0 Å². The Hall–Kier alpha value is -3.99. The van der Waals surface area contributed by atoms with Crippen LogP contribution in [0.3, 0.4) is 0 Å². The number of para-hydroxylation sites is 1. The van der Waals surface area contributed by atoms with Gasteiger partial charge in [0.1, 0.15) is 29.0 Å². The van der Waals surface area contributed by atoms with Gasteiger partial charge in [-0.1, -0.05) is 12.1 Å². The Morgan fingerprint density at radius 2 is 1.84 bits per heavy atom.